The SMILES string of the molecule is C=C(C)C(=O)OC(F)(C(F)(F)C(F)(F)C(F)(F)C(F)(F)C(F)(F)C(F)(F)F)C(F)(F)C(F)(F)C(F)(F)C(F)(F)C(F)(F)C(F)(F)C(F)(F)C(F)(F)C(F)(C(F)(F)F)C(F)(F)F. The second kappa shape index (κ2) is 14.1. The lowest BCUT2D eigenvalue weighted by Crippen LogP contribution is -2.81. The van der Waals surface area contributed by atoms with Gasteiger partial charge >= 0.3 is 113 Å². The predicted molar refractivity (Wildman–Crippen MR) is 111 cm³/mol. The first-order valence-electron chi connectivity index (χ1n) is 13.0. The topological polar surface area (TPSA) is 26.3 Å². The van der Waals surface area contributed by atoms with Crippen LogP contribution < -0.4 is 0 Å². The van der Waals surface area contributed by atoms with E-state index < -0.39 is 126 Å². The number of ether oxygens (including phenoxy) is 1. The molecule has 0 bridgehead atoms. The molecule has 0 aromatic rings. The van der Waals surface area contributed by atoms with Crippen molar-refractivity contribution in [2.75, 3.05) is 0 Å². The van der Waals surface area contributed by atoms with E-state index in [1.165, 1.54) is 0 Å². The van der Waals surface area contributed by atoms with Crippen LogP contribution in [-0.2, 0) is 9.53 Å². The lowest BCUT2D eigenvalue weighted by molar-refractivity contribution is -0.501. The van der Waals surface area contributed by atoms with Gasteiger partial charge in [0.1, 0.15) is 0 Å². The van der Waals surface area contributed by atoms with Crippen molar-refractivity contribution in [2.45, 2.75) is 114 Å². The van der Waals surface area contributed by atoms with E-state index in [0.717, 1.165) is 0 Å². The van der Waals surface area contributed by atoms with Crippen molar-refractivity contribution in [3.8, 4) is 0 Å². The summed E-state index contributed by atoms with van der Waals surface area (Å²) >= 11 is 0. The first-order chi connectivity index (χ1) is 25.6. The molecule has 39 heteroatoms. The van der Waals surface area contributed by atoms with Crippen LogP contribution in [0.3, 0.4) is 0 Å². The second-order valence-electron chi connectivity index (χ2n) is 11.4. The first-order valence-corrected chi connectivity index (χ1v) is 13.0. The van der Waals surface area contributed by atoms with Gasteiger partial charge in [-0.3, -0.25) is 0 Å². The van der Waals surface area contributed by atoms with E-state index in [1.807, 2.05) is 6.58 Å². The van der Waals surface area contributed by atoms with Crippen LogP contribution in [0.4, 0.5) is 162 Å². The van der Waals surface area contributed by atoms with E-state index in [-0.39, 0.29) is 0 Å². The third-order valence-electron chi connectivity index (χ3n) is 7.30. The number of hydrogen-bond acceptors (Lipinski definition) is 2. The van der Waals surface area contributed by atoms with E-state index in [9.17, 15) is 163 Å². The summed E-state index contributed by atoms with van der Waals surface area (Å²) in [5, 5.41) is 0. The molecule has 0 radical (unpaired) electrons. The van der Waals surface area contributed by atoms with E-state index in [1.54, 1.807) is 4.74 Å². The molecule has 0 amide bonds. The van der Waals surface area contributed by atoms with E-state index >= 15 is 4.39 Å². The van der Waals surface area contributed by atoms with Gasteiger partial charge in [0.2, 0.25) is 0 Å². The average molecular weight is 1000 g/mol. The van der Waals surface area contributed by atoms with Gasteiger partial charge < -0.3 is 4.74 Å². The summed E-state index contributed by atoms with van der Waals surface area (Å²) in [6.07, 6.45) is -26.4. The van der Waals surface area contributed by atoms with Crippen molar-refractivity contribution in [3.05, 3.63) is 12.2 Å². The largest absolute Gasteiger partial charge is 0.460 e. The zero-order valence-corrected chi connectivity index (χ0v) is 26.5. The molecule has 0 aliphatic carbocycles. The zero-order valence-electron chi connectivity index (χ0n) is 26.5. The summed E-state index contributed by atoms with van der Waals surface area (Å²) in [4.78, 5) is 11.4. The van der Waals surface area contributed by atoms with Gasteiger partial charge in [-0.25, -0.2) is 9.18 Å². The molecule has 0 aliphatic rings. The summed E-state index contributed by atoms with van der Waals surface area (Å²) in [7, 11) is 0. The highest BCUT2D eigenvalue weighted by atomic mass is 19.5. The van der Waals surface area contributed by atoms with Crippen LogP contribution in [0, 0.1) is 0 Å². The maximum atomic E-state index is 15.2. The number of carbonyl (C=O) groups is 1. The molecule has 1 atom stereocenters. The molecule has 0 heterocycles. The average Bonchev–Trinajstić information content (AvgIpc) is 3.00. The van der Waals surface area contributed by atoms with Crippen LogP contribution in [0.1, 0.15) is 6.92 Å². The van der Waals surface area contributed by atoms with Gasteiger partial charge in [0.15, 0.2) is 0 Å². The number of rotatable bonds is 16. The van der Waals surface area contributed by atoms with Crippen molar-refractivity contribution >= 4 is 5.97 Å². The third-order valence-corrected chi connectivity index (χ3v) is 7.30. The van der Waals surface area contributed by atoms with Gasteiger partial charge in [-0.15, -0.1) is 0 Å². The first kappa shape index (κ1) is 57.6. The Morgan fingerprint density at radius 2 is 0.475 bits per heavy atom. The molecule has 1 unspecified atom stereocenters. The van der Waals surface area contributed by atoms with Crippen molar-refractivity contribution in [2.24, 2.45) is 0 Å². The van der Waals surface area contributed by atoms with Gasteiger partial charge in [-0.05, 0) is 6.92 Å². The zero-order chi connectivity index (χ0) is 50.9. The maximum absolute atomic E-state index is 15.2. The van der Waals surface area contributed by atoms with Crippen LogP contribution in [0.2, 0.25) is 0 Å². The number of halogens is 37. The third kappa shape index (κ3) is 6.71. The van der Waals surface area contributed by atoms with Crippen LogP contribution in [-0.4, -0.2) is 113 Å². The summed E-state index contributed by atoms with van der Waals surface area (Å²) in [5.41, 5.74) is -12.0. The smallest absolute Gasteiger partial charge is 0.413 e. The molecule has 2 nitrogen and oxygen atoms in total. The number of hydrogen-bond donors (Lipinski definition) is 0. The summed E-state index contributed by atoms with van der Waals surface area (Å²) < 4.78 is 508. The summed E-state index contributed by atoms with van der Waals surface area (Å²) in [6.45, 7) is 1.38. The minimum Gasteiger partial charge on any atom is -0.413 e. The molecule has 0 aliphatic heterocycles. The minimum atomic E-state index is -10.5. The van der Waals surface area contributed by atoms with Crippen molar-refractivity contribution in [1.82, 2.24) is 0 Å². The van der Waals surface area contributed by atoms with E-state index in [2.05, 4.69) is 0 Å². The Hall–Kier alpha value is -3.38. The Balaban J connectivity index is 8.53. The van der Waals surface area contributed by atoms with Gasteiger partial charge in [0.25, 0.3) is 0 Å². The molecule has 61 heavy (non-hydrogen) atoms. The van der Waals surface area contributed by atoms with Gasteiger partial charge in [0, 0.05) is 5.57 Å². The fourth-order valence-electron chi connectivity index (χ4n) is 3.63. The molecular weight excluding hydrogens is 999 g/mol. The number of carbonyl (C=O) groups excluding carboxylic acids is 1. The maximum Gasteiger partial charge on any atom is 0.460 e. The van der Waals surface area contributed by atoms with Crippen LogP contribution in [0.15, 0.2) is 12.2 Å². The van der Waals surface area contributed by atoms with Crippen LogP contribution in [0.25, 0.3) is 0 Å². The fraction of sp³-hybridized carbons (Fsp3) is 0.864. The molecule has 0 saturated carbocycles. The summed E-state index contributed by atoms with van der Waals surface area (Å²) in [6, 6.07) is 0. The van der Waals surface area contributed by atoms with Gasteiger partial charge in [0.05, 0.1) is 0 Å². The molecule has 0 rings (SSSR count). The Labute approximate surface area is 305 Å². The van der Waals surface area contributed by atoms with E-state index in [4.69, 9.17) is 0 Å². The Bertz CT molecular complexity index is 1640. The number of alkyl halides is 37. The molecule has 0 aromatic heterocycles. The van der Waals surface area contributed by atoms with Gasteiger partial charge in [-0.2, -0.15) is 158 Å². The molecular formula is C22H5F37O2. The highest BCUT2D eigenvalue weighted by Crippen LogP contribution is 2.71. The highest BCUT2D eigenvalue weighted by Gasteiger charge is 3.03. The molecule has 0 aromatic carbocycles. The normalized spacial score (nSPS) is 17.6. The Kier molecular flexibility index (Phi) is 13.3. The van der Waals surface area contributed by atoms with Crippen molar-refractivity contribution < 1.29 is 172 Å². The number of esters is 1. The Morgan fingerprint density at radius 3 is 0.656 bits per heavy atom. The lowest BCUT2D eigenvalue weighted by Gasteiger charge is -2.48. The highest BCUT2D eigenvalue weighted by molar-refractivity contribution is 5.87. The quantitative estimate of drug-likeness (QED) is 0.0875. The van der Waals surface area contributed by atoms with E-state index in [0.29, 0.717) is 0 Å². The standard InChI is InChI=1S/C22H5F37O2/c1-3(2)4(60)61-19(50,17(46,47)14(40,41)12(36,37)15(42,43)18(48,49)22(57,58)59)16(44,45)13(38,39)11(34,35)10(32,33)9(30,31)8(28,29)7(26,27)6(24,25)5(23,20(51,52)53)21(54,55)56/h1H2,2H3. The molecule has 0 spiro atoms. The molecule has 0 N–H and O–H groups in total. The lowest BCUT2D eigenvalue weighted by atomic mass is 9.80. The van der Waals surface area contributed by atoms with Crippen LogP contribution >= 0.6 is 0 Å². The Morgan fingerprint density at radius 1 is 0.295 bits per heavy atom. The summed E-state index contributed by atoms with van der Waals surface area (Å²) in [5.74, 6) is -145. The van der Waals surface area contributed by atoms with Crippen molar-refractivity contribution in [1.29, 1.82) is 0 Å². The molecule has 0 fully saturated rings. The molecule has 0 saturated heterocycles. The van der Waals surface area contributed by atoms with Gasteiger partial charge in [-0.1, -0.05) is 6.58 Å². The second-order valence-corrected chi connectivity index (χ2v) is 11.4. The minimum absolute atomic E-state index is 0.479. The predicted octanol–water partition coefficient (Wildman–Crippen LogP) is 12.4. The molecule has 364 valence electrons. The monoisotopic (exact) mass is 1000 g/mol. The fourth-order valence-corrected chi connectivity index (χ4v) is 3.63. The van der Waals surface area contributed by atoms with Crippen molar-refractivity contribution in [3.63, 3.8) is 0 Å². The van der Waals surface area contributed by atoms with Crippen LogP contribution in [0.5, 0.6) is 0 Å².